The third-order valence-corrected chi connectivity index (χ3v) is 3.20. The summed E-state index contributed by atoms with van der Waals surface area (Å²) >= 11 is 0. The Kier molecular flexibility index (Phi) is 5.14. The van der Waals surface area contributed by atoms with Crippen LogP contribution in [0.4, 0.5) is 5.69 Å². The highest BCUT2D eigenvalue weighted by atomic mass is 16.5. The zero-order valence-electron chi connectivity index (χ0n) is 12.7. The van der Waals surface area contributed by atoms with Crippen LogP contribution in [-0.2, 0) is 11.2 Å². The number of hydrogen-bond acceptors (Lipinski definition) is 4. The van der Waals surface area contributed by atoms with E-state index >= 15 is 0 Å². The van der Waals surface area contributed by atoms with Gasteiger partial charge in [-0.2, -0.15) is 5.10 Å². The Morgan fingerprint density at radius 2 is 1.77 bits per heavy atom. The molecule has 0 bridgehead atoms. The van der Waals surface area contributed by atoms with Crippen molar-refractivity contribution in [1.82, 2.24) is 5.43 Å². The molecule has 0 spiro atoms. The van der Waals surface area contributed by atoms with Gasteiger partial charge < -0.3 is 10.5 Å². The van der Waals surface area contributed by atoms with E-state index in [0.29, 0.717) is 5.69 Å². The number of carbonyl (C=O) groups excluding carboxylic acids is 1. The molecule has 3 N–H and O–H groups in total. The number of carbonyl (C=O) groups is 1. The number of nitrogen functional groups attached to an aromatic ring is 1. The number of nitrogens with one attached hydrogen (secondary N) is 1. The van der Waals surface area contributed by atoms with Gasteiger partial charge in [-0.15, -0.1) is 0 Å². The lowest BCUT2D eigenvalue weighted by atomic mass is 10.1. The normalized spacial score (nSPS) is 11.1. The van der Waals surface area contributed by atoms with Crippen LogP contribution in [0.25, 0.3) is 0 Å². The number of benzene rings is 2. The molecule has 0 unspecified atom stereocenters. The Morgan fingerprint density at radius 1 is 1.14 bits per heavy atom. The SMILES string of the molecule is COc1ccc(CC(=O)N/N=C(/C)c2ccc(N)cc2)cc1. The molecule has 5 nitrogen and oxygen atoms in total. The molecule has 0 aliphatic rings. The van der Waals surface area contributed by atoms with E-state index < -0.39 is 0 Å². The van der Waals surface area contributed by atoms with Crippen LogP contribution < -0.4 is 15.9 Å². The van der Waals surface area contributed by atoms with Gasteiger partial charge >= 0.3 is 0 Å². The lowest BCUT2D eigenvalue weighted by Crippen LogP contribution is -2.21. The van der Waals surface area contributed by atoms with Gasteiger partial charge in [0.15, 0.2) is 0 Å². The Labute approximate surface area is 129 Å². The summed E-state index contributed by atoms with van der Waals surface area (Å²) < 4.78 is 5.08. The Morgan fingerprint density at radius 3 is 2.36 bits per heavy atom. The van der Waals surface area contributed by atoms with Crippen molar-refractivity contribution in [2.24, 2.45) is 5.10 Å². The summed E-state index contributed by atoms with van der Waals surface area (Å²) in [5.41, 5.74) is 11.4. The summed E-state index contributed by atoms with van der Waals surface area (Å²) in [7, 11) is 1.61. The molecular weight excluding hydrogens is 278 g/mol. The first-order chi connectivity index (χ1) is 10.6. The Balaban J connectivity index is 1.93. The fourth-order valence-electron chi connectivity index (χ4n) is 1.90. The minimum absolute atomic E-state index is 0.167. The number of methoxy groups -OCH3 is 1. The third-order valence-electron chi connectivity index (χ3n) is 3.20. The van der Waals surface area contributed by atoms with Gasteiger partial charge in [-0.3, -0.25) is 4.79 Å². The van der Waals surface area contributed by atoms with E-state index in [2.05, 4.69) is 10.5 Å². The van der Waals surface area contributed by atoms with Gasteiger partial charge in [0.2, 0.25) is 5.91 Å². The molecule has 0 saturated heterocycles. The predicted octanol–water partition coefficient (Wildman–Crippen LogP) is 2.36. The molecule has 2 rings (SSSR count). The summed E-state index contributed by atoms with van der Waals surface area (Å²) in [6.07, 6.45) is 0.266. The first-order valence-corrected chi connectivity index (χ1v) is 6.90. The maximum absolute atomic E-state index is 11.9. The van der Waals surface area contributed by atoms with Crippen LogP contribution in [0, 0.1) is 0 Å². The molecule has 2 aromatic carbocycles. The first kappa shape index (κ1) is 15.6. The minimum atomic E-state index is -0.167. The molecule has 22 heavy (non-hydrogen) atoms. The van der Waals surface area contributed by atoms with Crippen molar-refractivity contribution >= 4 is 17.3 Å². The standard InChI is InChI=1S/C17H19N3O2/c1-12(14-5-7-15(18)8-6-14)19-20-17(21)11-13-3-9-16(22-2)10-4-13/h3-10H,11,18H2,1-2H3,(H,20,21)/b19-12-. The van der Waals surface area contributed by atoms with Gasteiger partial charge in [0.05, 0.1) is 19.2 Å². The summed E-state index contributed by atoms with van der Waals surface area (Å²) in [4.78, 5) is 11.9. The van der Waals surface area contributed by atoms with Crippen LogP contribution in [0.3, 0.4) is 0 Å². The van der Waals surface area contributed by atoms with Crippen molar-refractivity contribution < 1.29 is 9.53 Å². The lowest BCUT2D eigenvalue weighted by Gasteiger charge is -2.04. The van der Waals surface area contributed by atoms with Gasteiger partial charge in [0, 0.05) is 5.69 Å². The first-order valence-electron chi connectivity index (χ1n) is 6.90. The van der Waals surface area contributed by atoms with E-state index in [-0.39, 0.29) is 12.3 Å². The summed E-state index contributed by atoms with van der Waals surface area (Å²) in [6, 6.07) is 14.7. The second kappa shape index (κ2) is 7.26. The zero-order valence-corrected chi connectivity index (χ0v) is 12.7. The highest BCUT2D eigenvalue weighted by Crippen LogP contribution is 2.11. The number of anilines is 1. The van der Waals surface area contributed by atoms with Crippen LogP contribution in [0.5, 0.6) is 5.75 Å². The lowest BCUT2D eigenvalue weighted by molar-refractivity contribution is -0.120. The second-order valence-corrected chi connectivity index (χ2v) is 4.88. The molecule has 0 atom stereocenters. The molecule has 0 aromatic heterocycles. The van der Waals surface area contributed by atoms with Crippen molar-refractivity contribution in [3.8, 4) is 5.75 Å². The molecule has 0 saturated carbocycles. The molecule has 1 amide bonds. The molecule has 0 aliphatic heterocycles. The highest BCUT2D eigenvalue weighted by Gasteiger charge is 2.04. The predicted molar refractivity (Wildman–Crippen MR) is 87.9 cm³/mol. The minimum Gasteiger partial charge on any atom is -0.497 e. The fraction of sp³-hybridized carbons (Fsp3) is 0.176. The Bertz CT molecular complexity index is 661. The molecule has 5 heteroatoms. The van der Waals surface area contributed by atoms with E-state index in [9.17, 15) is 4.79 Å². The topological polar surface area (TPSA) is 76.7 Å². The number of ether oxygens (including phenoxy) is 1. The molecule has 0 radical (unpaired) electrons. The van der Waals surface area contributed by atoms with Crippen LogP contribution in [-0.4, -0.2) is 18.7 Å². The van der Waals surface area contributed by atoms with Crippen LogP contribution in [0.1, 0.15) is 18.1 Å². The third kappa shape index (κ3) is 4.34. The molecule has 2 aromatic rings. The van der Waals surface area contributed by atoms with Crippen molar-refractivity contribution in [3.63, 3.8) is 0 Å². The average Bonchev–Trinajstić information content (AvgIpc) is 2.54. The quantitative estimate of drug-likeness (QED) is 0.505. The van der Waals surface area contributed by atoms with Gasteiger partial charge in [-0.05, 0) is 42.3 Å². The smallest absolute Gasteiger partial charge is 0.244 e. The van der Waals surface area contributed by atoms with Crippen molar-refractivity contribution in [2.75, 3.05) is 12.8 Å². The van der Waals surface area contributed by atoms with E-state index in [1.807, 2.05) is 43.3 Å². The number of nitrogens with zero attached hydrogens (tertiary/aromatic N) is 1. The molecule has 0 fully saturated rings. The molecule has 0 aliphatic carbocycles. The molecule has 0 heterocycles. The van der Waals surface area contributed by atoms with E-state index in [1.54, 1.807) is 19.2 Å². The number of hydrogen-bond donors (Lipinski definition) is 2. The van der Waals surface area contributed by atoms with Gasteiger partial charge in [-0.25, -0.2) is 5.43 Å². The average molecular weight is 297 g/mol. The molecular formula is C17H19N3O2. The van der Waals surface area contributed by atoms with E-state index in [0.717, 1.165) is 22.6 Å². The monoisotopic (exact) mass is 297 g/mol. The summed E-state index contributed by atoms with van der Waals surface area (Å²) in [6.45, 7) is 1.83. The summed E-state index contributed by atoms with van der Waals surface area (Å²) in [5.74, 6) is 0.598. The largest absolute Gasteiger partial charge is 0.497 e. The van der Waals surface area contributed by atoms with Gasteiger partial charge in [0.1, 0.15) is 5.75 Å². The number of amides is 1. The van der Waals surface area contributed by atoms with Crippen molar-refractivity contribution in [1.29, 1.82) is 0 Å². The van der Waals surface area contributed by atoms with Gasteiger partial charge in [-0.1, -0.05) is 24.3 Å². The fourth-order valence-corrected chi connectivity index (χ4v) is 1.90. The Hall–Kier alpha value is -2.82. The number of rotatable bonds is 5. The summed E-state index contributed by atoms with van der Waals surface area (Å²) in [5, 5.41) is 4.11. The van der Waals surface area contributed by atoms with Crippen LogP contribution in [0.15, 0.2) is 53.6 Å². The van der Waals surface area contributed by atoms with Crippen LogP contribution in [0.2, 0.25) is 0 Å². The number of nitrogens with two attached hydrogens (primary N) is 1. The molecule has 114 valence electrons. The maximum Gasteiger partial charge on any atom is 0.244 e. The van der Waals surface area contributed by atoms with E-state index in [1.165, 1.54) is 0 Å². The second-order valence-electron chi connectivity index (χ2n) is 4.88. The maximum atomic E-state index is 11.9. The highest BCUT2D eigenvalue weighted by molar-refractivity contribution is 5.99. The van der Waals surface area contributed by atoms with Crippen molar-refractivity contribution in [2.45, 2.75) is 13.3 Å². The zero-order chi connectivity index (χ0) is 15.9. The number of hydrazone groups is 1. The van der Waals surface area contributed by atoms with Crippen LogP contribution >= 0.6 is 0 Å². The van der Waals surface area contributed by atoms with E-state index in [4.69, 9.17) is 10.5 Å². The van der Waals surface area contributed by atoms with Crippen molar-refractivity contribution in [3.05, 3.63) is 59.7 Å². The van der Waals surface area contributed by atoms with Gasteiger partial charge in [0.25, 0.3) is 0 Å².